The summed E-state index contributed by atoms with van der Waals surface area (Å²) in [7, 11) is 0. The van der Waals surface area contributed by atoms with E-state index in [0.29, 0.717) is 18.2 Å². The summed E-state index contributed by atoms with van der Waals surface area (Å²) < 4.78 is 0. The lowest BCUT2D eigenvalue weighted by Crippen LogP contribution is -2.44. The minimum absolute atomic E-state index is 0.0806. The lowest BCUT2D eigenvalue weighted by atomic mass is 9.86. The number of carbonyl (C=O) groups is 1. The Morgan fingerprint density at radius 2 is 2.15 bits per heavy atom. The van der Waals surface area contributed by atoms with Crippen molar-refractivity contribution in [1.29, 1.82) is 0 Å². The fourth-order valence-corrected chi connectivity index (χ4v) is 4.66. The predicted molar refractivity (Wildman–Crippen MR) is 110 cm³/mol. The minimum Gasteiger partial charge on any atom is -0.508 e. The molecule has 0 fully saturated rings. The molecule has 0 spiro atoms. The van der Waals surface area contributed by atoms with Crippen LogP contribution in [0.1, 0.15) is 63.5 Å². The van der Waals surface area contributed by atoms with E-state index in [1.165, 1.54) is 18.4 Å². The first-order valence-electron chi connectivity index (χ1n) is 10.5. The molecule has 0 saturated heterocycles. The number of aromatic hydroxyl groups is 1. The molecule has 148 valence electrons. The van der Waals surface area contributed by atoms with Crippen molar-refractivity contribution in [3.05, 3.63) is 41.6 Å². The molecule has 2 atom stereocenters. The first kappa shape index (κ1) is 19.9. The topological polar surface area (TPSA) is 52.6 Å². The first-order chi connectivity index (χ1) is 13.0. The molecule has 27 heavy (non-hydrogen) atoms. The van der Waals surface area contributed by atoms with Crippen LogP contribution in [0.2, 0.25) is 0 Å². The zero-order chi connectivity index (χ0) is 19.3. The molecule has 0 saturated carbocycles. The summed E-state index contributed by atoms with van der Waals surface area (Å²) >= 11 is 0. The Morgan fingerprint density at radius 3 is 2.93 bits per heavy atom. The van der Waals surface area contributed by atoms with Gasteiger partial charge in [-0.3, -0.25) is 4.79 Å². The van der Waals surface area contributed by atoms with Crippen LogP contribution in [0.25, 0.3) is 0 Å². The van der Waals surface area contributed by atoms with E-state index in [9.17, 15) is 9.90 Å². The normalized spacial score (nSPS) is 24.7. The summed E-state index contributed by atoms with van der Waals surface area (Å²) in [6, 6.07) is 6.52. The van der Waals surface area contributed by atoms with Crippen LogP contribution in [0.4, 0.5) is 0 Å². The summed E-state index contributed by atoms with van der Waals surface area (Å²) in [5.41, 5.74) is 2.39. The number of phenolic OH excluding ortho intramolecular Hbond substituents is 1. The average Bonchev–Trinajstić information content (AvgIpc) is 2.64. The Morgan fingerprint density at radius 1 is 1.30 bits per heavy atom. The van der Waals surface area contributed by atoms with Gasteiger partial charge in [-0.15, -0.1) is 0 Å². The van der Waals surface area contributed by atoms with Gasteiger partial charge in [0.25, 0.3) is 0 Å². The van der Waals surface area contributed by atoms with Gasteiger partial charge in [0.1, 0.15) is 5.75 Å². The number of nitrogens with zero attached hydrogens (tertiary/aromatic N) is 1. The highest BCUT2D eigenvalue weighted by atomic mass is 16.3. The minimum atomic E-state index is -0.0806. The highest BCUT2D eigenvalue weighted by Crippen LogP contribution is 2.31. The van der Waals surface area contributed by atoms with Gasteiger partial charge in [0, 0.05) is 24.2 Å². The molecular formula is C23H34N2O2. The van der Waals surface area contributed by atoms with Crippen LogP contribution in [-0.4, -0.2) is 40.5 Å². The van der Waals surface area contributed by atoms with Crippen molar-refractivity contribution in [1.82, 2.24) is 10.2 Å². The highest BCUT2D eigenvalue weighted by Gasteiger charge is 2.28. The van der Waals surface area contributed by atoms with Crippen LogP contribution in [-0.2, 0) is 17.6 Å². The van der Waals surface area contributed by atoms with Crippen LogP contribution >= 0.6 is 0 Å². The largest absolute Gasteiger partial charge is 0.508 e. The quantitative estimate of drug-likeness (QED) is 0.680. The van der Waals surface area contributed by atoms with Crippen molar-refractivity contribution in [3.8, 4) is 5.75 Å². The Kier molecular flexibility index (Phi) is 6.59. The zero-order valence-corrected chi connectivity index (χ0v) is 16.8. The number of ketones is 1. The van der Waals surface area contributed by atoms with E-state index >= 15 is 0 Å². The highest BCUT2D eigenvalue weighted by molar-refractivity contribution is 5.91. The van der Waals surface area contributed by atoms with Gasteiger partial charge in [-0.2, -0.15) is 0 Å². The zero-order valence-electron chi connectivity index (χ0n) is 16.8. The van der Waals surface area contributed by atoms with E-state index in [-0.39, 0.29) is 11.3 Å². The van der Waals surface area contributed by atoms with Crippen molar-refractivity contribution in [2.45, 2.75) is 76.8 Å². The molecule has 0 amide bonds. The van der Waals surface area contributed by atoms with Gasteiger partial charge in [0.15, 0.2) is 5.78 Å². The van der Waals surface area contributed by atoms with E-state index in [1.54, 1.807) is 6.08 Å². The molecule has 3 rings (SSSR count). The number of allylic oxidation sites excluding steroid dienone is 1. The Balaban J connectivity index is 1.51. The number of fused-ring (bicyclic) bond motifs is 1. The SMILES string of the molecule is CCCN(CCCCC1(C)CC(=O)C=CN1)C1CCc2c(O)cccc2C1. The van der Waals surface area contributed by atoms with Gasteiger partial charge in [-0.1, -0.05) is 19.1 Å². The molecule has 1 heterocycles. The molecule has 1 aliphatic heterocycles. The maximum Gasteiger partial charge on any atom is 0.159 e. The van der Waals surface area contributed by atoms with E-state index in [0.717, 1.165) is 50.8 Å². The predicted octanol–water partition coefficient (Wildman–Crippen LogP) is 3.97. The van der Waals surface area contributed by atoms with Crippen LogP contribution in [0, 0.1) is 0 Å². The summed E-state index contributed by atoms with van der Waals surface area (Å²) in [6.07, 6.45) is 11.7. The molecule has 0 aromatic heterocycles. The number of carbonyl (C=O) groups excluding carboxylic acids is 1. The Bertz CT molecular complexity index is 685. The summed E-state index contributed by atoms with van der Waals surface area (Å²) in [6.45, 7) is 6.66. The van der Waals surface area contributed by atoms with Crippen molar-refractivity contribution in [2.24, 2.45) is 0 Å². The second-order valence-corrected chi connectivity index (χ2v) is 8.49. The third-order valence-corrected chi connectivity index (χ3v) is 6.15. The number of benzene rings is 1. The molecular weight excluding hydrogens is 336 g/mol. The van der Waals surface area contributed by atoms with Gasteiger partial charge in [0.2, 0.25) is 0 Å². The van der Waals surface area contributed by atoms with Gasteiger partial charge in [0.05, 0.1) is 0 Å². The average molecular weight is 371 g/mol. The monoisotopic (exact) mass is 370 g/mol. The second kappa shape index (κ2) is 8.92. The molecule has 1 aliphatic carbocycles. The number of unbranched alkanes of at least 4 members (excludes halogenated alkanes) is 1. The fourth-order valence-electron chi connectivity index (χ4n) is 4.66. The number of nitrogens with one attached hydrogen (secondary N) is 1. The fraction of sp³-hybridized carbons (Fsp3) is 0.609. The molecule has 0 bridgehead atoms. The molecule has 0 radical (unpaired) electrons. The number of rotatable bonds is 8. The second-order valence-electron chi connectivity index (χ2n) is 8.49. The van der Waals surface area contributed by atoms with E-state index in [1.807, 2.05) is 18.3 Å². The summed E-state index contributed by atoms with van der Waals surface area (Å²) in [4.78, 5) is 14.3. The molecule has 4 nitrogen and oxygen atoms in total. The van der Waals surface area contributed by atoms with E-state index in [2.05, 4.69) is 30.1 Å². The number of hydrogen-bond acceptors (Lipinski definition) is 4. The van der Waals surface area contributed by atoms with Crippen molar-refractivity contribution < 1.29 is 9.90 Å². The molecule has 2 N–H and O–H groups in total. The first-order valence-corrected chi connectivity index (χ1v) is 10.5. The Hall–Kier alpha value is -1.81. The van der Waals surface area contributed by atoms with Gasteiger partial charge < -0.3 is 15.3 Å². The summed E-state index contributed by atoms with van der Waals surface area (Å²) in [5, 5.41) is 13.5. The van der Waals surface area contributed by atoms with Gasteiger partial charge in [-0.25, -0.2) is 0 Å². The van der Waals surface area contributed by atoms with Crippen LogP contribution in [0.5, 0.6) is 5.75 Å². The van der Waals surface area contributed by atoms with Crippen molar-refractivity contribution in [3.63, 3.8) is 0 Å². The molecule has 2 unspecified atom stereocenters. The molecule has 1 aromatic carbocycles. The lowest BCUT2D eigenvalue weighted by Gasteiger charge is -2.36. The standard InChI is InChI=1S/C23H34N2O2/c1-3-14-25(15-5-4-12-23(2)17-20(26)11-13-24-23)19-9-10-21-18(16-19)7-6-8-22(21)27/h6-8,11,13,19,24,27H,3-5,9-10,12,14-17H2,1-2H3. The number of phenols is 1. The lowest BCUT2D eigenvalue weighted by molar-refractivity contribution is -0.116. The van der Waals surface area contributed by atoms with Crippen LogP contribution in [0.3, 0.4) is 0 Å². The van der Waals surface area contributed by atoms with Crippen molar-refractivity contribution >= 4 is 5.78 Å². The van der Waals surface area contributed by atoms with Gasteiger partial charge >= 0.3 is 0 Å². The van der Waals surface area contributed by atoms with E-state index < -0.39 is 0 Å². The van der Waals surface area contributed by atoms with Crippen LogP contribution in [0.15, 0.2) is 30.5 Å². The Labute approximate surface area is 163 Å². The smallest absolute Gasteiger partial charge is 0.159 e. The van der Waals surface area contributed by atoms with Gasteiger partial charge in [-0.05, 0) is 88.2 Å². The third-order valence-electron chi connectivity index (χ3n) is 6.15. The maximum atomic E-state index is 11.7. The molecule has 2 aliphatic rings. The van der Waals surface area contributed by atoms with Crippen LogP contribution < -0.4 is 5.32 Å². The number of hydrogen-bond donors (Lipinski definition) is 2. The third kappa shape index (κ3) is 5.13. The maximum absolute atomic E-state index is 11.7. The molecule has 1 aromatic rings. The van der Waals surface area contributed by atoms with E-state index in [4.69, 9.17) is 0 Å². The van der Waals surface area contributed by atoms with Crippen molar-refractivity contribution in [2.75, 3.05) is 13.1 Å². The summed E-state index contributed by atoms with van der Waals surface area (Å²) in [5.74, 6) is 0.692. The molecule has 4 heteroatoms.